The fourth-order valence-corrected chi connectivity index (χ4v) is 3.53. The molecule has 0 aromatic heterocycles. The van der Waals surface area contributed by atoms with Gasteiger partial charge in [0.05, 0.1) is 11.1 Å². The number of hydrogen-bond acceptors (Lipinski definition) is 4. The third kappa shape index (κ3) is 3.01. The summed E-state index contributed by atoms with van der Waals surface area (Å²) in [4.78, 5) is 15.1. The maximum Gasteiger partial charge on any atom is 0.231 e. The van der Waals surface area contributed by atoms with Gasteiger partial charge in [-0.25, -0.2) is 0 Å². The predicted molar refractivity (Wildman–Crippen MR) is 101 cm³/mol. The van der Waals surface area contributed by atoms with Crippen LogP contribution in [-0.4, -0.2) is 24.0 Å². The maximum absolute atomic E-state index is 12.8. The van der Waals surface area contributed by atoms with E-state index in [1.54, 1.807) is 0 Å². The molecule has 0 unspecified atom stereocenters. The van der Waals surface area contributed by atoms with Crippen molar-refractivity contribution in [2.24, 2.45) is 5.92 Å². The molecular formula is C22H23NO3. The third-order valence-electron chi connectivity index (χ3n) is 4.78. The Labute approximate surface area is 154 Å². The van der Waals surface area contributed by atoms with Crippen molar-refractivity contribution in [3.63, 3.8) is 0 Å². The number of nitrogens with zero attached hydrogens (tertiary/aromatic N) is 1. The highest BCUT2D eigenvalue weighted by molar-refractivity contribution is 6.15. The summed E-state index contributed by atoms with van der Waals surface area (Å²) in [6, 6.07) is 11.7. The number of benzene rings is 2. The van der Waals surface area contributed by atoms with Gasteiger partial charge in [0.25, 0.3) is 0 Å². The van der Waals surface area contributed by atoms with Gasteiger partial charge in [-0.15, -0.1) is 0 Å². The number of ether oxygens (including phenoxy) is 2. The molecule has 0 atom stereocenters. The number of aryl methyl sites for hydroxylation is 1. The Bertz CT molecular complexity index is 898. The van der Waals surface area contributed by atoms with E-state index in [9.17, 15) is 4.79 Å². The van der Waals surface area contributed by atoms with Gasteiger partial charge in [-0.05, 0) is 42.2 Å². The van der Waals surface area contributed by atoms with Gasteiger partial charge in [0, 0.05) is 13.1 Å². The smallest absolute Gasteiger partial charge is 0.231 e. The molecule has 0 bridgehead atoms. The summed E-state index contributed by atoms with van der Waals surface area (Å²) >= 11 is 0. The highest BCUT2D eigenvalue weighted by Crippen LogP contribution is 2.42. The molecule has 2 aromatic rings. The Hall–Kier alpha value is -2.59. The summed E-state index contributed by atoms with van der Waals surface area (Å²) in [5.74, 6) is 2.33. The van der Waals surface area contributed by atoms with Crippen LogP contribution in [0.3, 0.4) is 0 Å². The van der Waals surface area contributed by atoms with Crippen molar-refractivity contribution in [3.8, 4) is 11.5 Å². The molecule has 4 nitrogen and oxygen atoms in total. The van der Waals surface area contributed by atoms with Crippen molar-refractivity contribution < 1.29 is 14.3 Å². The molecule has 0 saturated carbocycles. The first-order valence-corrected chi connectivity index (χ1v) is 9.04. The molecule has 26 heavy (non-hydrogen) atoms. The second kappa shape index (κ2) is 6.61. The monoisotopic (exact) mass is 349 g/mol. The Morgan fingerprint density at radius 3 is 2.77 bits per heavy atom. The SMILES string of the molecule is Cc1ccccc1/C=C1\Oc2c(ccc3c2CN(CC(C)C)CO3)C1=O. The van der Waals surface area contributed by atoms with Gasteiger partial charge in [0.1, 0.15) is 18.2 Å². The Kier molecular flexibility index (Phi) is 4.29. The van der Waals surface area contributed by atoms with E-state index in [1.807, 2.05) is 49.4 Å². The van der Waals surface area contributed by atoms with Gasteiger partial charge in [0.2, 0.25) is 5.78 Å². The maximum atomic E-state index is 12.8. The van der Waals surface area contributed by atoms with Gasteiger partial charge in [-0.2, -0.15) is 0 Å². The summed E-state index contributed by atoms with van der Waals surface area (Å²) in [6.45, 7) is 8.66. The minimum atomic E-state index is -0.0629. The van der Waals surface area contributed by atoms with Crippen molar-refractivity contribution in [1.29, 1.82) is 0 Å². The van der Waals surface area contributed by atoms with Crippen molar-refractivity contribution >= 4 is 11.9 Å². The largest absolute Gasteiger partial charge is 0.478 e. The lowest BCUT2D eigenvalue weighted by Crippen LogP contribution is -2.34. The van der Waals surface area contributed by atoms with Crippen molar-refractivity contribution in [2.75, 3.05) is 13.3 Å². The number of allylic oxidation sites excluding steroid dienone is 1. The number of hydrogen-bond donors (Lipinski definition) is 0. The first kappa shape index (κ1) is 16.9. The van der Waals surface area contributed by atoms with Crippen molar-refractivity contribution in [1.82, 2.24) is 4.90 Å². The average molecular weight is 349 g/mol. The minimum absolute atomic E-state index is 0.0629. The van der Waals surface area contributed by atoms with Crippen LogP contribution in [-0.2, 0) is 6.54 Å². The van der Waals surface area contributed by atoms with Crippen LogP contribution in [0.1, 0.15) is 40.9 Å². The van der Waals surface area contributed by atoms with Crippen LogP contribution in [0.5, 0.6) is 11.5 Å². The van der Waals surface area contributed by atoms with E-state index in [-0.39, 0.29) is 5.78 Å². The van der Waals surface area contributed by atoms with Crippen LogP contribution >= 0.6 is 0 Å². The van der Waals surface area contributed by atoms with E-state index >= 15 is 0 Å². The Balaban J connectivity index is 1.68. The third-order valence-corrected chi connectivity index (χ3v) is 4.78. The molecule has 2 heterocycles. The number of carbonyl (C=O) groups is 1. The topological polar surface area (TPSA) is 38.8 Å². The highest BCUT2D eigenvalue weighted by atomic mass is 16.5. The van der Waals surface area contributed by atoms with Gasteiger partial charge in [-0.3, -0.25) is 9.69 Å². The van der Waals surface area contributed by atoms with E-state index in [2.05, 4.69) is 18.7 Å². The molecule has 0 amide bonds. The van der Waals surface area contributed by atoms with Crippen LogP contribution in [0.2, 0.25) is 0 Å². The normalized spacial score (nSPS) is 17.8. The summed E-state index contributed by atoms with van der Waals surface area (Å²) < 4.78 is 11.9. The number of fused-ring (bicyclic) bond motifs is 3. The molecule has 134 valence electrons. The lowest BCUT2D eigenvalue weighted by Gasteiger charge is -2.30. The molecule has 0 aliphatic carbocycles. The second-order valence-electron chi connectivity index (χ2n) is 7.39. The molecule has 2 aromatic carbocycles. The minimum Gasteiger partial charge on any atom is -0.478 e. The van der Waals surface area contributed by atoms with Crippen molar-refractivity contribution in [3.05, 3.63) is 64.4 Å². The highest BCUT2D eigenvalue weighted by Gasteiger charge is 2.33. The lowest BCUT2D eigenvalue weighted by atomic mass is 10.0. The molecule has 4 heteroatoms. The van der Waals surface area contributed by atoms with Gasteiger partial charge in [-0.1, -0.05) is 38.1 Å². The molecule has 2 aliphatic heterocycles. The quantitative estimate of drug-likeness (QED) is 0.769. The zero-order valence-electron chi connectivity index (χ0n) is 15.4. The summed E-state index contributed by atoms with van der Waals surface area (Å²) in [6.07, 6.45) is 1.83. The molecule has 0 N–H and O–H groups in total. The van der Waals surface area contributed by atoms with E-state index < -0.39 is 0 Å². The predicted octanol–water partition coefficient (Wildman–Crippen LogP) is 4.42. The fourth-order valence-electron chi connectivity index (χ4n) is 3.53. The van der Waals surface area contributed by atoms with E-state index in [0.29, 0.717) is 29.7 Å². The second-order valence-corrected chi connectivity index (χ2v) is 7.39. The molecule has 0 radical (unpaired) electrons. The van der Waals surface area contributed by atoms with Crippen molar-refractivity contribution in [2.45, 2.75) is 27.3 Å². The first-order valence-electron chi connectivity index (χ1n) is 9.04. The van der Waals surface area contributed by atoms with E-state index in [4.69, 9.17) is 9.47 Å². The number of ketones is 1. The number of Topliss-reactive ketones (excluding diaryl/α,β-unsaturated/α-hetero) is 1. The number of carbonyl (C=O) groups excluding carboxylic acids is 1. The molecule has 0 fully saturated rings. The molecule has 4 rings (SSSR count). The van der Waals surface area contributed by atoms with Crippen LogP contribution in [0, 0.1) is 12.8 Å². The first-order chi connectivity index (χ1) is 12.5. The van der Waals surface area contributed by atoms with E-state index in [1.165, 1.54) is 0 Å². The molecule has 0 saturated heterocycles. The Morgan fingerprint density at radius 1 is 1.19 bits per heavy atom. The molecule has 2 aliphatic rings. The molecular weight excluding hydrogens is 326 g/mol. The average Bonchev–Trinajstić information content (AvgIpc) is 2.93. The van der Waals surface area contributed by atoms with Gasteiger partial charge in [0.15, 0.2) is 5.76 Å². The van der Waals surface area contributed by atoms with Crippen LogP contribution in [0.25, 0.3) is 6.08 Å². The zero-order chi connectivity index (χ0) is 18.3. The molecule has 0 spiro atoms. The van der Waals surface area contributed by atoms with Crippen LogP contribution < -0.4 is 9.47 Å². The fraction of sp³-hybridized carbons (Fsp3) is 0.318. The van der Waals surface area contributed by atoms with Crippen LogP contribution in [0.4, 0.5) is 0 Å². The summed E-state index contributed by atoms with van der Waals surface area (Å²) in [5.41, 5.74) is 3.70. The zero-order valence-corrected chi connectivity index (χ0v) is 15.4. The standard InChI is InChI=1S/C22H23NO3/c1-14(2)11-23-12-18-19(25-13-23)9-8-17-21(24)20(26-22(17)18)10-16-7-5-4-6-15(16)3/h4-10,14H,11-13H2,1-3H3/b20-10-. The summed E-state index contributed by atoms with van der Waals surface area (Å²) in [7, 11) is 0. The van der Waals surface area contributed by atoms with Crippen LogP contribution in [0.15, 0.2) is 42.2 Å². The number of rotatable bonds is 3. The summed E-state index contributed by atoms with van der Waals surface area (Å²) in [5, 5.41) is 0. The lowest BCUT2D eigenvalue weighted by molar-refractivity contribution is 0.0832. The van der Waals surface area contributed by atoms with E-state index in [0.717, 1.165) is 35.5 Å². The van der Waals surface area contributed by atoms with Gasteiger partial charge < -0.3 is 9.47 Å². The Morgan fingerprint density at radius 2 is 2.00 bits per heavy atom. The van der Waals surface area contributed by atoms with Gasteiger partial charge >= 0.3 is 0 Å².